The minimum Gasteiger partial charge on any atom is -0.463 e. The molecule has 0 N–H and O–H groups in total. The summed E-state index contributed by atoms with van der Waals surface area (Å²) in [6.45, 7) is 8.46. The van der Waals surface area contributed by atoms with Gasteiger partial charge in [-0.15, -0.1) is 0 Å². The summed E-state index contributed by atoms with van der Waals surface area (Å²) in [4.78, 5) is 22.9. The number of carbonyl (C=O) groups is 2. The largest absolute Gasteiger partial charge is 0.463 e. The van der Waals surface area contributed by atoms with Crippen molar-refractivity contribution < 1.29 is 27.5 Å². The maximum absolute atomic E-state index is 12.7. The van der Waals surface area contributed by atoms with Gasteiger partial charge in [0.15, 0.2) is 0 Å². The summed E-state index contributed by atoms with van der Waals surface area (Å²) >= 11 is 0. The molecule has 0 aliphatic heterocycles. The lowest BCUT2D eigenvalue weighted by Crippen LogP contribution is -2.54. The molecule has 33 heavy (non-hydrogen) atoms. The van der Waals surface area contributed by atoms with Crippen molar-refractivity contribution in [1.82, 2.24) is 0 Å². The predicted molar refractivity (Wildman–Crippen MR) is 120 cm³/mol. The molecule has 0 spiro atoms. The second-order valence-electron chi connectivity index (χ2n) is 12.3. The molecule has 3 nitrogen and oxygen atoms in total. The number of halogens is 3. The molecule has 4 fully saturated rings. The highest BCUT2D eigenvalue weighted by atomic mass is 19.4. The molecule has 6 heteroatoms. The summed E-state index contributed by atoms with van der Waals surface area (Å²) in [5.74, 6) is 1.47. The average molecular weight is 471 g/mol. The minimum absolute atomic E-state index is 0.0714. The first-order chi connectivity index (χ1) is 15.4. The summed E-state index contributed by atoms with van der Waals surface area (Å²) < 4.78 is 43.6. The van der Waals surface area contributed by atoms with E-state index < -0.39 is 12.0 Å². The van der Waals surface area contributed by atoms with E-state index in [2.05, 4.69) is 20.8 Å². The molecule has 0 saturated heterocycles. The zero-order valence-electron chi connectivity index (χ0n) is 20.7. The van der Waals surface area contributed by atoms with E-state index in [0.717, 1.165) is 32.1 Å². The number of hydrogen-bond acceptors (Lipinski definition) is 3. The molecule has 9 atom stereocenters. The lowest BCUT2D eigenvalue weighted by Gasteiger charge is -2.61. The Morgan fingerprint density at radius 1 is 0.970 bits per heavy atom. The van der Waals surface area contributed by atoms with Gasteiger partial charge in [0.05, 0.1) is 0 Å². The summed E-state index contributed by atoms with van der Waals surface area (Å²) in [6, 6.07) is 0. The van der Waals surface area contributed by atoms with E-state index in [4.69, 9.17) is 4.74 Å². The maximum atomic E-state index is 12.7. The summed E-state index contributed by atoms with van der Waals surface area (Å²) in [6.07, 6.45) is 5.45. The van der Waals surface area contributed by atoms with Gasteiger partial charge in [0.1, 0.15) is 6.10 Å². The smallest absolute Gasteiger partial charge is 0.449 e. The Bertz CT molecular complexity index is 764. The van der Waals surface area contributed by atoms with Crippen molar-refractivity contribution in [3.8, 4) is 0 Å². The standard InChI is InChI=1S/C27H41F3O3/c1-16(5-10-24(32)27(28,29)30)21-8-9-22-20-7-6-18-15-19(33-17(2)31)11-13-25(18,3)23(20)12-14-26(21,22)4/h16,18-23H,5-15H2,1-4H3/t16?,18-,19+,20+,21?,22+,23+,25+,26-/m1/s1. The van der Waals surface area contributed by atoms with Crippen LogP contribution in [-0.2, 0) is 14.3 Å². The highest BCUT2D eigenvalue weighted by molar-refractivity contribution is 5.83. The monoisotopic (exact) mass is 470 g/mol. The SMILES string of the molecule is CC(=O)O[C@H]1CC[C@@]2(C)[C@H](CC[C@@H]3[C@@H]2CC[C@]2(C)C(C(C)CCC(=O)C(F)(F)F)CC[C@@H]32)C1. The van der Waals surface area contributed by atoms with E-state index >= 15 is 0 Å². The van der Waals surface area contributed by atoms with Gasteiger partial charge in [-0.05, 0) is 111 Å². The number of Topliss-reactive ketones (excluding diaryl/α,β-unsaturated/α-hetero) is 1. The van der Waals surface area contributed by atoms with E-state index in [-0.39, 0.29) is 29.8 Å². The first-order valence-corrected chi connectivity index (χ1v) is 13.1. The maximum Gasteiger partial charge on any atom is 0.449 e. The summed E-state index contributed by atoms with van der Waals surface area (Å²) in [5.41, 5.74) is 0.490. The van der Waals surface area contributed by atoms with Crippen LogP contribution in [0.1, 0.15) is 98.3 Å². The number of ketones is 1. The number of fused-ring (bicyclic) bond motifs is 5. The van der Waals surface area contributed by atoms with E-state index in [9.17, 15) is 22.8 Å². The molecule has 4 saturated carbocycles. The second kappa shape index (κ2) is 8.86. The highest BCUT2D eigenvalue weighted by Gasteiger charge is 2.60. The van der Waals surface area contributed by atoms with Crippen LogP contribution in [0.25, 0.3) is 0 Å². The van der Waals surface area contributed by atoms with Crippen LogP contribution in [0.5, 0.6) is 0 Å². The molecule has 2 unspecified atom stereocenters. The Morgan fingerprint density at radius 2 is 1.64 bits per heavy atom. The fourth-order valence-corrected chi connectivity index (χ4v) is 9.24. The van der Waals surface area contributed by atoms with Gasteiger partial charge in [-0.2, -0.15) is 13.2 Å². The van der Waals surface area contributed by atoms with Crippen molar-refractivity contribution in [3.05, 3.63) is 0 Å². The van der Waals surface area contributed by atoms with Crippen LogP contribution in [0.3, 0.4) is 0 Å². The Morgan fingerprint density at radius 3 is 2.30 bits per heavy atom. The zero-order valence-corrected chi connectivity index (χ0v) is 20.7. The van der Waals surface area contributed by atoms with Crippen LogP contribution in [0.4, 0.5) is 13.2 Å². The highest BCUT2D eigenvalue weighted by Crippen LogP contribution is 2.68. The molecule has 0 aromatic rings. The van der Waals surface area contributed by atoms with Crippen molar-refractivity contribution in [3.63, 3.8) is 0 Å². The molecular weight excluding hydrogens is 429 g/mol. The van der Waals surface area contributed by atoms with Crippen LogP contribution >= 0.6 is 0 Å². The van der Waals surface area contributed by atoms with Gasteiger partial charge in [0.25, 0.3) is 0 Å². The van der Waals surface area contributed by atoms with Gasteiger partial charge in [0, 0.05) is 13.3 Å². The molecule has 0 aromatic carbocycles. The lowest BCUT2D eigenvalue weighted by atomic mass is 9.44. The van der Waals surface area contributed by atoms with Gasteiger partial charge in [-0.25, -0.2) is 0 Å². The molecule has 4 aliphatic rings. The lowest BCUT2D eigenvalue weighted by molar-refractivity contribution is -0.171. The van der Waals surface area contributed by atoms with Crippen molar-refractivity contribution in [2.75, 3.05) is 0 Å². The van der Waals surface area contributed by atoms with Crippen LogP contribution in [0, 0.1) is 46.3 Å². The Labute approximate surface area is 196 Å². The number of esters is 1. The van der Waals surface area contributed by atoms with E-state index in [1.54, 1.807) is 0 Å². The van der Waals surface area contributed by atoms with E-state index in [1.807, 2.05) is 0 Å². The van der Waals surface area contributed by atoms with Gasteiger partial charge in [0.2, 0.25) is 5.78 Å². The Hall–Kier alpha value is -1.07. The van der Waals surface area contributed by atoms with Gasteiger partial charge in [-0.1, -0.05) is 20.8 Å². The van der Waals surface area contributed by atoms with Crippen LogP contribution < -0.4 is 0 Å². The first-order valence-electron chi connectivity index (χ1n) is 13.1. The van der Waals surface area contributed by atoms with Gasteiger partial charge >= 0.3 is 12.1 Å². The predicted octanol–water partition coefficient (Wildman–Crippen LogP) is 7.12. The fraction of sp³-hybridized carbons (Fsp3) is 0.926. The van der Waals surface area contributed by atoms with Crippen LogP contribution in [0.15, 0.2) is 0 Å². The summed E-state index contributed by atoms with van der Waals surface area (Å²) in [5, 5.41) is 0. The number of rotatable bonds is 5. The van der Waals surface area contributed by atoms with E-state index in [1.165, 1.54) is 32.6 Å². The van der Waals surface area contributed by atoms with E-state index in [0.29, 0.717) is 41.4 Å². The van der Waals surface area contributed by atoms with Crippen molar-refractivity contribution in [1.29, 1.82) is 0 Å². The van der Waals surface area contributed by atoms with Gasteiger partial charge in [-0.3, -0.25) is 9.59 Å². The normalized spacial score (nSPS) is 43.7. The topological polar surface area (TPSA) is 43.4 Å². The second-order valence-corrected chi connectivity index (χ2v) is 12.3. The molecule has 0 radical (unpaired) electrons. The van der Waals surface area contributed by atoms with Crippen molar-refractivity contribution in [2.24, 2.45) is 46.3 Å². The van der Waals surface area contributed by atoms with Crippen LogP contribution in [-0.4, -0.2) is 24.0 Å². The Kier molecular flexibility index (Phi) is 6.72. The van der Waals surface area contributed by atoms with Crippen LogP contribution in [0.2, 0.25) is 0 Å². The number of alkyl halides is 3. The number of hydrogen-bond donors (Lipinski definition) is 0. The molecule has 188 valence electrons. The molecule has 0 amide bonds. The Balaban J connectivity index is 1.43. The quantitative estimate of drug-likeness (QED) is 0.402. The number of carbonyl (C=O) groups excluding carboxylic acids is 2. The van der Waals surface area contributed by atoms with Crippen molar-refractivity contribution in [2.45, 2.75) is 111 Å². The molecule has 4 aliphatic carbocycles. The minimum atomic E-state index is -4.71. The molecule has 4 rings (SSSR count). The van der Waals surface area contributed by atoms with Gasteiger partial charge < -0.3 is 4.74 Å². The fourth-order valence-electron chi connectivity index (χ4n) is 9.24. The molecule has 0 heterocycles. The first kappa shape index (κ1) is 25.0. The third kappa shape index (κ3) is 4.49. The summed E-state index contributed by atoms with van der Waals surface area (Å²) in [7, 11) is 0. The third-order valence-corrected chi connectivity index (χ3v) is 10.9. The zero-order chi connectivity index (χ0) is 24.2. The van der Waals surface area contributed by atoms with Crippen molar-refractivity contribution >= 4 is 11.8 Å². The average Bonchev–Trinajstić information content (AvgIpc) is 3.08. The molecular formula is C27H41F3O3. The molecule has 0 aromatic heterocycles. The molecule has 0 bridgehead atoms. The third-order valence-electron chi connectivity index (χ3n) is 10.9. The number of ether oxygens (including phenoxy) is 1.